The minimum Gasteiger partial charge on any atom is -0.232 e. The lowest BCUT2D eigenvalue weighted by Gasteiger charge is -2.08. The lowest BCUT2D eigenvalue weighted by atomic mass is 10.1. The summed E-state index contributed by atoms with van der Waals surface area (Å²) < 4.78 is 1.75. The van der Waals surface area contributed by atoms with Crippen molar-refractivity contribution in [3.05, 3.63) is 70.9 Å². The molecule has 0 saturated heterocycles. The summed E-state index contributed by atoms with van der Waals surface area (Å²) in [6, 6.07) is 19.4. The molecule has 0 aliphatic heterocycles. The lowest BCUT2D eigenvalue weighted by Crippen LogP contribution is -1.99. The van der Waals surface area contributed by atoms with Gasteiger partial charge in [-0.25, -0.2) is 4.68 Å². The van der Waals surface area contributed by atoms with E-state index in [2.05, 4.69) is 11.2 Å². The summed E-state index contributed by atoms with van der Waals surface area (Å²) in [4.78, 5) is 0. The molecule has 3 rings (SSSR count). The van der Waals surface area contributed by atoms with Crippen LogP contribution in [0.15, 0.2) is 54.6 Å². The molecule has 0 radical (unpaired) electrons. The van der Waals surface area contributed by atoms with Crippen molar-refractivity contribution in [2.24, 2.45) is 0 Å². The molecule has 0 aliphatic rings. The molecule has 1 aromatic heterocycles. The fraction of sp³-hybridized carbons (Fsp3) is 0.0588. The Morgan fingerprint density at radius 1 is 1.10 bits per heavy atom. The van der Waals surface area contributed by atoms with Gasteiger partial charge in [-0.2, -0.15) is 10.4 Å². The number of nitriles is 1. The Kier molecular flexibility index (Phi) is 3.47. The number of halogens is 1. The normalized spacial score (nSPS) is 10.3. The Bertz CT molecular complexity index is 826. The summed E-state index contributed by atoms with van der Waals surface area (Å²) in [5, 5.41) is 14.1. The SMILES string of the molecule is Cc1ccc(-c2cc(C#N)nn2-c2cccc(Cl)c2)cc1. The molecule has 0 fully saturated rings. The van der Waals surface area contributed by atoms with Crippen LogP contribution < -0.4 is 0 Å². The Labute approximate surface area is 128 Å². The highest BCUT2D eigenvalue weighted by Gasteiger charge is 2.11. The molecule has 0 amide bonds. The lowest BCUT2D eigenvalue weighted by molar-refractivity contribution is 0.880. The van der Waals surface area contributed by atoms with Gasteiger partial charge in [0.2, 0.25) is 0 Å². The molecule has 4 heteroatoms. The van der Waals surface area contributed by atoms with Gasteiger partial charge in [0.05, 0.1) is 11.4 Å². The highest BCUT2D eigenvalue weighted by Crippen LogP contribution is 2.25. The number of aromatic nitrogens is 2. The molecule has 0 atom stereocenters. The van der Waals surface area contributed by atoms with Crippen molar-refractivity contribution in [3.63, 3.8) is 0 Å². The van der Waals surface area contributed by atoms with E-state index in [4.69, 9.17) is 16.9 Å². The summed E-state index contributed by atoms with van der Waals surface area (Å²) in [6.07, 6.45) is 0. The third-order valence-corrected chi connectivity index (χ3v) is 3.46. The number of nitrogens with zero attached hydrogens (tertiary/aromatic N) is 3. The molecule has 2 aromatic carbocycles. The zero-order chi connectivity index (χ0) is 14.8. The summed E-state index contributed by atoms with van der Waals surface area (Å²) in [7, 11) is 0. The quantitative estimate of drug-likeness (QED) is 0.704. The van der Waals surface area contributed by atoms with Gasteiger partial charge >= 0.3 is 0 Å². The van der Waals surface area contributed by atoms with Gasteiger partial charge < -0.3 is 0 Å². The van der Waals surface area contributed by atoms with Crippen LogP contribution in [0.1, 0.15) is 11.3 Å². The first-order valence-electron chi connectivity index (χ1n) is 6.50. The van der Waals surface area contributed by atoms with Gasteiger partial charge in [-0.05, 0) is 25.1 Å². The fourth-order valence-corrected chi connectivity index (χ4v) is 2.35. The zero-order valence-electron chi connectivity index (χ0n) is 11.4. The summed E-state index contributed by atoms with van der Waals surface area (Å²) in [6.45, 7) is 2.04. The third kappa shape index (κ3) is 2.67. The van der Waals surface area contributed by atoms with Crippen LogP contribution in [-0.2, 0) is 0 Å². The Hall–Kier alpha value is -2.57. The average Bonchev–Trinajstić information content (AvgIpc) is 2.92. The first-order valence-corrected chi connectivity index (χ1v) is 6.88. The number of aryl methyl sites for hydroxylation is 1. The van der Waals surface area contributed by atoms with Crippen molar-refractivity contribution in [3.8, 4) is 23.0 Å². The molecule has 1 heterocycles. The van der Waals surface area contributed by atoms with E-state index in [1.807, 2.05) is 55.5 Å². The molecule has 3 aromatic rings. The molecule has 0 aliphatic carbocycles. The monoisotopic (exact) mass is 293 g/mol. The first kappa shape index (κ1) is 13.4. The van der Waals surface area contributed by atoms with E-state index in [1.165, 1.54) is 5.56 Å². The molecule has 0 saturated carbocycles. The van der Waals surface area contributed by atoms with Crippen LogP contribution in [0.2, 0.25) is 5.02 Å². The van der Waals surface area contributed by atoms with Gasteiger partial charge in [-0.3, -0.25) is 0 Å². The van der Waals surface area contributed by atoms with Crippen molar-refractivity contribution in [2.75, 3.05) is 0 Å². The minimum absolute atomic E-state index is 0.380. The summed E-state index contributed by atoms with van der Waals surface area (Å²) >= 11 is 6.05. The van der Waals surface area contributed by atoms with E-state index in [0.29, 0.717) is 10.7 Å². The van der Waals surface area contributed by atoms with Crippen molar-refractivity contribution in [1.82, 2.24) is 9.78 Å². The second-order valence-electron chi connectivity index (χ2n) is 4.78. The molecule has 102 valence electrons. The third-order valence-electron chi connectivity index (χ3n) is 3.22. The number of rotatable bonds is 2. The largest absolute Gasteiger partial charge is 0.232 e. The van der Waals surface area contributed by atoms with E-state index in [9.17, 15) is 0 Å². The fourth-order valence-electron chi connectivity index (χ4n) is 2.17. The predicted molar refractivity (Wildman–Crippen MR) is 83.5 cm³/mol. The smallest absolute Gasteiger partial charge is 0.163 e. The van der Waals surface area contributed by atoms with E-state index < -0.39 is 0 Å². The van der Waals surface area contributed by atoms with Gasteiger partial charge in [0.15, 0.2) is 5.69 Å². The van der Waals surface area contributed by atoms with Gasteiger partial charge in [0, 0.05) is 16.7 Å². The molecular formula is C17H12ClN3. The van der Waals surface area contributed by atoms with Crippen LogP contribution in [0.3, 0.4) is 0 Å². The van der Waals surface area contributed by atoms with Crippen LogP contribution >= 0.6 is 11.6 Å². The zero-order valence-corrected chi connectivity index (χ0v) is 12.2. The molecular weight excluding hydrogens is 282 g/mol. The minimum atomic E-state index is 0.380. The Morgan fingerprint density at radius 3 is 2.52 bits per heavy atom. The van der Waals surface area contributed by atoms with E-state index in [0.717, 1.165) is 16.9 Å². The molecule has 3 nitrogen and oxygen atoms in total. The Morgan fingerprint density at radius 2 is 1.86 bits per heavy atom. The van der Waals surface area contributed by atoms with Crippen LogP contribution in [0, 0.1) is 18.3 Å². The van der Waals surface area contributed by atoms with Crippen LogP contribution in [0.5, 0.6) is 0 Å². The van der Waals surface area contributed by atoms with E-state index in [1.54, 1.807) is 10.7 Å². The van der Waals surface area contributed by atoms with Crippen LogP contribution in [0.25, 0.3) is 16.9 Å². The highest BCUT2D eigenvalue weighted by atomic mass is 35.5. The number of hydrogen-bond acceptors (Lipinski definition) is 2. The molecule has 0 N–H and O–H groups in total. The van der Waals surface area contributed by atoms with Crippen molar-refractivity contribution >= 4 is 11.6 Å². The van der Waals surface area contributed by atoms with Gasteiger partial charge in [-0.1, -0.05) is 47.5 Å². The molecule has 0 bridgehead atoms. The van der Waals surface area contributed by atoms with Crippen molar-refractivity contribution < 1.29 is 0 Å². The summed E-state index contributed by atoms with van der Waals surface area (Å²) in [5.74, 6) is 0. The maximum Gasteiger partial charge on any atom is 0.163 e. The van der Waals surface area contributed by atoms with Crippen LogP contribution in [-0.4, -0.2) is 9.78 Å². The van der Waals surface area contributed by atoms with Crippen molar-refractivity contribution in [2.45, 2.75) is 6.92 Å². The van der Waals surface area contributed by atoms with E-state index >= 15 is 0 Å². The van der Waals surface area contributed by atoms with Gasteiger partial charge in [0.1, 0.15) is 6.07 Å². The maximum atomic E-state index is 9.12. The molecule has 0 unspecified atom stereocenters. The second kappa shape index (κ2) is 5.43. The Balaban J connectivity index is 2.19. The van der Waals surface area contributed by atoms with E-state index in [-0.39, 0.29) is 0 Å². The van der Waals surface area contributed by atoms with Crippen molar-refractivity contribution in [1.29, 1.82) is 5.26 Å². The standard InChI is InChI=1S/C17H12ClN3/c1-12-5-7-13(8-6-12)17-10-15(11-19)20-21(17)16-4-2-3-14(18)9-16/h2-10H,1H3. The number of benzene rings is 2. The predicted octanol–water partition coefficient (Wildman–Crippen LogP) is 4.37. The van der Waals surface area contributed by atoms with Gasteiger partial charge in [0.25, 0.3) is 0 Å². The molecule has 0 spiro atoms. The number of hydrogen-bond donors (Lipinski definition) is 0. The first-order chi connectivity index (χ1) is 10.2. The average molecular weight is 294 g/mol. The second-order valence-corrected chi connectivity index (χ2v) is 5.22. The topological polar surface area (TPSA) is 41.6 Å². The van der Waals surface area contributed by atoms with Gasteiger partial charge in [-0.15, -0.1) is 0 Å². The summed E-state index contributed by atoms with van der Waals surface area (Å²) in [5.41, 5.74) is 4.28. The highest BCUT2D eigenvalue weighted by molar-refractivity contribution is 6.30. The molecule has 21 heavy (non-hydrogen) atoms. The maximum absolute atomic E-state index is 9.12. The van der Waals surface area contributed by atoms with Crippen LogP contribution in [0.4, 0.5) is 0 Å².